The van der Waals surface area contributed by atoms with Gasteiger partial charge in [-0.05, 0) is 50.0 Å². The minimum atomic E-state index is 0.731. The zero-order chi connectivity index (χ0) is 20.4. The Hall–Kier alpha value is -4.11. The Bertz CT molecular complexity index is 1730. The van der Waals surface area contributed by atoms with Crippen LogP contribution in [0.3, 0.4) is 0 Å². The lowest BCUT2D eigenvalue weighted by molar-refractivity contribution is 1.13. The van der Waals surface area contributed by atoms with Gasteiger partial charge in [0, 0.05) is 22.8 Å². The Labute approximate surface area is 178 Å². The third-order valence-electron chi connectivity index (χ3n) is 6.47. The number of H-pyrrole nitrogens is 1. The summed E-state index contributed by atoms with van der Waals surface area (Å²) in [6.45, 7) is 0.731. The van der Waals surface area contributed by atoms with Gasteiger partial charge in [0.2, 0.25) is 0 Å². The summed E-state index contributed by atoms with van der Waals surface area (Å²) in [5.41, 5.74) is 3.49. The molecule has 2 N–H and O–H groups in total. The van der Waals surface area contributed by atoms with E-state index >= 15 is 0 Å². The predicted octanol–water partition coefficient (Wildman–Crippen LogP) is 7.23. The topological polar surface area (TPSA) is 40.7 Å². The van der Waals surface area contributed by atoms with Gasteiger partial charge >= 0.3 is 0 Å². The first-order valence-electron chi connectivity index (χ1n) is 10.6. The van der Waals surface area contributed by atoms with Crippen LogP contribution in [0, 0.1) is 0 Å². The number of aromatic amines is 1. The monoisotopic (exact) mass is 397 g/mol. The van der Waals surface area contributed by atoms with Gasteiger partial charge in [0.15, 0.2) is 0 Å². The molecule has 7 rings (SSSR count). The average molecular weight is 397 g/mol. The molecule has 31 heavy (non-hydrogen) atoms. The predicted molar refractivity (Wildman–Crippen MR) is 131 cm³/mol. The Morgan fingerprint density at radius 3 is 2.32 bits per heavy atom. The standard InChI is InChI=1S/C28H19N3/c1-2-7-24-22(6-1)23-14-26(30-16-25(23)31-24)29-15-20-11-10-19-9-8-17-4-3-5-18-12-13-21(20)28(19)27(17)18/h1-14,16,31H,15H2,(H,29,30). The fourth-order valence-corrected chi connectivity index (χ4v) is 4.98. The second-order valence-corrected chi connectivity index (χ2v) is 8.22. The number of pyridine rings is 1. The van der Waals surface area contributed by atoms with Crippen LogP contribution in [0.2, 0.25) is 0 Å². The van der Waals surface area contributed by atoms with Crippen LogP contribution in [0.25, 0.3) is 54.1 Å². The van der Waals surface area contributed by atoms with Crippen molar-refractivity contribution in [2.75, 3.05) is 5.32 Å². The smallest absolute Gasteiger partial charge is 0.126 e. The molecular formula is C28H19N3. The SMILES string of the molecule is c1cc2ccc3ccc(CNc4cc5c(cn4)[nH]c4ccccc45)c4ccc(c1)c2c34. The molecule has 0 aliphatic carbocycles. The molecular weight excluding hydrogens is 378 g/mol. The lowest BCUT2D eigenvalue weighted by Gasteiger charge is -2.14. The second kappa shape index (κ2) is 6.19. The van der Waals surface area contributed by atoms with Crippen LogP contribution in [0.15, 0.2) is 91.1 Å². The van der Waals surface area contributed by atoms with Crippen LogP contribution in [0.5, 0.6) is 0 Å². The summed E-state index contributed by atoms with van der Waals surface area (Å²) in [5, 5.41) is 13.9. The Balaban J connectivity index is 1.32. The Kier molecular flexibility index (Phi) is 3.33. The number of anilines is 1. The van der Waals surface area contributed by atoms with Crippen molar-refractivity contribution in [2.45, 2.75) is 6.54 Å². The van der Waals surface area contributed by atoms with E-state index in [1.54, 1.807) is 0 Å². The molecule has 5 aromatic carbocycles. The van der Waals surface area contributed by atoms with Gasteiger partial charge in [-0.15, -0.1) is 0 Å². The first-order chi connectivity index (χ1) is 15.3. The normalized spacial score (nSPS) is 12.0. The summed E-state index contributed by atoms with van der Waals surface area (Å²) >= 11 is 0. The molecule has 0 bridgehead atoms. The largest absolute Gasteiger partial charge is 0.366 e. The lowest BCUT2D eigenvalue weighted by atomic mass is 9.92. The molecule has 3 heteroatoms. The molecule has 2 heterocycles. The number of para-hydroxylation sites is 1. The van der Waals surface area contributed by atoms with E-state index in [0.717, 1.165) is 23.4 Å². The summed E-state index contributed by atoms with van der Waals surface area (Å²) in [4.78, 5) is 8.08. The molecule has 0 radical (unpaired) electrons. The van der Waals surface area contributed by atoms with Gasteiger partial charge in [0.1, 0.15) is 5.82 Å². The van der Waals surface area contributed by atoms with Crippen LogP contribution in [-0.4, -0.2) is 9.97 Å². The maximum absolute atomic E-state index is 4.64. The van der Waals surface area contributed by atoms with Crippen molar-refractivity contribution >= 4 is 59.9 Å². The van der Waals surface area contributed by atoms with Gasteiger partial charge < -0.3 is 10.3 Å². The molecule has 0 aliphatic heterocycles. The fraction of sp³-hybridized carbons (Fsp3) is 0.0357. The summed E-state index contributed by atoms with van der Waals surface area (Å²) in [7, 11) is 0. The Morgan fingerprint density at radius 2 is 1.42 bits per heavy atom. The van der Waals surface area contributed by atoms with E-state index in [9.17, 15) is 0 Å². The zero-order valence-corrected chi connectivity index (χ0v) is 16.8. The van der Waals surface area contributed by atoms with Gasteiger partial charge in [0.05, 0.1) is 11.7 Å². The maximum Gasteiger partial charge on any atom is 0.126 e. The third-order valence-corrected chi connectivity index (χ3v) is 6.47. The van der Waals surface area contributed by atoms with Crippen LogP contribution in [0.1, 0.15) is 5.56 Å². The van der Waals surface area contributed by atoms with Crippen molar-refractivity contribution < 1.29 is 0 Å². The van der Waals surface area contributed by atoms with Crippen molar-refractivity contribution in [3.8, 4) is 0 Å². The van der Waals surface area contributed by atoms with Crippen molar-refractivity contribution in [2.24, 2.45) is 0 Å². The number of hydrogen-bond acceptors (Lipinski definition) is 2. The van der Waals surface area contributed by atoms with Crippen LogP contribution < -0.4 is 5.32 Å². The van der Waals surface area contributed by atoms with Gasteiger partial charge in [-0.3, -0.25) is 0 Å². The lowest BCUT2D eigenvalue weighted by Crippen LogP contribution is -2.02. The summed E-state index contributed by atoms with van der Waals surface area (Å²) in [5.74, 6) is 0.892. The molecule has 146 valence electrons. The first-order valence-corrected chi connectivity index (χ1v) is 10.6. The zero-order valence-electron chi connectivity index (χ0n) is 16.8. The molecule has 0 fully saturated rings. The van der Waals surface area contributed by atoms with Crippen molar-refractivity contribution in [1.29, 1.82) is 0 Å². The van der Waals surface area contributed by atoms with E-state index in [-0.39, 0.29) is 0 Å². The van der Waals surface area contributed by atoms with Gasteiger partial charge in [-0.1, -0.05) is 72.8 Å². The molecule has 0 saturated heterocycles. The van der Waals surface area contributed by atoms with Crippen LogP contribution >= 0.6 is 0 Å². The van der Waals surface area contributed by atoms with E-state index in [1.165, 1.54) is 48.7 Å². The van der Waals surface area contributed by atoms with E-state index < -0.39 is 0 Å². The molecule has 0 saturated carbocycles. The molecule has 0 aliphatic rings. The van der Waals surface area contributed by atoms with Crippen molar-refractivity contribution in [3.05, 3.63) is 96.7 Å². The van der Waals surface area contributed by atoms with Crippen LogP contribution in [-0.2, 0) is 6.54 Å². The second-order valence-electron chi connectivity index (χ2n) is 8.22. The molecule has 0 unspecified atom stereocenters. The third kappa shape index (κ3) is 2.44. The van der Waals surface area contributed by atoms with E-state index in [2.05, 4.69) is 100 Å². The minimum absolute atomic E-state index is 0.731. The van der Waals surface area contributed by atoms with Gasteiger partial charge in [-0.2, -0.15) is 0 Å². The van der Waals surface area contributed by atoms with Gasteiger partial charge in [0.25, 0.3) is 0 Å². The molecule has 2 aromatic heterocycles. The summed E-state index contributed by atoms with van der Waals surface area (Å²) in [6.07, 6.45) is 1.92. The maximum atomic E-state index is 4.64. The van der Waals surface area contributed by atoms with E-state index in [0.29, 0.717) is 0 Å². The number of rotatable bonds is 3. The van der Waals surface area contributed by atoms with E-state index in [4.69, 9.17) is 0 Å². The highest BCUT2D eigenvalue weighted by atomic mass is 15.0. The summed E-state index contributed by atoms with van der Waals surface area (Å²) < 4.78 is 0. The fourth-order valence-electron chi connectivity index (χ4n) is 4.98. The minimum Gasteiger partial charge on any atom is -0.366 e. The molecule has 0 atom stereocenters. The quantitative estimate of drug-likeness (QED) is 0.309. The highest BCUT2D eigenvalue weighted by Gasteiger charge is 2.11. The highest BCUT2D eigenvalue weighted by molar-refractivity contribution is 6.23. The molecule has 7 aromatic rings. The summed E-state index contributed by atoms with van der Waals surface area (Å²) in [6, 6.07) is 30.5. The average Bonchev–Trinajstić information content (AvgIpc) is 3.19. The number of benzene rings is 5. The van der Waals surface area contributed by atoms with E-state index in [1.807, 2.05) is 6.20 Å². The van der Waals surface area contributed by atoms with Crippen molar-refractivity contribution in [3.63, 3.8) is 0 Å². The molecule has 3 nitrogen and oxygen atoms in total. The highest BCUT2D eigenvalue weighted by Crippen LogP contribution is 2.36. The first kappa shape index (κ1) is 16.7. The number of fused-ring (bicyclic) bond motifs is 3. The van der Waals surface area contributed by atoms with Crippen LogP contribution in [0.4, 0.5) is 5.82 Å². The Morgan fingerprint density at radius 1 is 0.645 bits per heavy atom. The van der Waals surface area contributed by atoms with Crippen molar-refractivity contribution in [1.82, 2.24) is 9.97 Å². The molecule has 0 amide bonds. The van der Waals surface area contributed by atoms with Gasteiger partial charge in [-0.25, -0.2) is 4.98 Å². The molecule has 0 spiro atoms. The number of nitrogens with one attached hydrogen (secondary N) is 2. The number of aromatic nitrogens is 2. The number of nitrogens with zero attached hydrogens (tertiary/aromatic N) is 1. The number of hydrogen-bond donors (Lipinski definition) is 2.